The Morgan fingerprint density at radius 1 is 1.31 bits per heavy atom. The number of hydrogen-bond acceptors (Lipinski definition) is 2. The van der Waals surface area contributed by atoms with Gasteiger partial charge in [-0.15, -0.1) is 0 Å². The van der Waals surface area contributed by atoms with E-state index >= 15 is 0 Å². The van der Waals surface area contributed by atoms with E-state index in [1.54, 1.807) is 0 Å². The SMILES string of the molecule is CCCC(Br)CNS(=O)(=O)C1CCCCC1. The van der Waals surface area contributed by atoms with Crippen LogP contribution in [0, 0.1) is 0 Å². The molecule has 0 amide bonds. The van der Waals surface area contributed by atoms with Crippen LogP contribution in [-0.4, -0.2) is 25.0 Å². The number of alkyl halides is 1. The molecule has 16 heavy (non-hydrogen) atoms. The van der Waals surface area contributed by atoms with Gasteiger partial charge in [-0.3, -0.25) is 0 Å². The van der Waals surface area contributed by atoms with Gasteiger partial charge in [0.25, 0.3) is 0 Å². The zero-order valence-corrected chi connectivity index (χ0v) is 12.3. The Labute approximate surface area is 108 Å². The molecule has 0 heterocycles. The fraction of sp³-hybridized carbons (Fsp3) is 1.00. The molecule has 1 atom stereocenters. The summed E-state index contributed by atoms with van der Waals surface area (Å²) in [5, 5.41) is -0.150. The van der Waals surface area contributed by atoms with E-state index in [1.807, 2.05) is 0 Å². The smallest absolute Gasteiger partial charge is 0.214 e. The van der Waals surface area contributed by atoms with Gasteiger partial charge < -0.3 is 0 Å². The Balaban J connectivity index is 2.38. The van der Waals surface area contributed by atoms with Crippen LogP contribution in [0.15, 0.2) is 0 Å². The zero-order valence-electron chi connectivity index (χ0n) is 9.91. The number of sulfonamides is 1. The lowest BCUT2D eigenvalue weighted by Gasteiger charge is -2.22. The van der Waals surface area contributed by atoms with E-state index in [0.717, 1.165) is 38.5 Å². The number of nitrogens with one attached hydrogen (secondary N) is 1. The highest BCUT2D eigenvalue weighted by Crippen LogP contribution is 2.23. The molecule has 0 aliphatic heterocycles. The lowest BCUT2D eigenvalue weighted by atomic mass is 10.0. The number of hydrogen-bond donors (Lipinski definition) is 1. The van der Waals surface area contributed by atoms with Gasteiger partial charge in [-0.1, -0.05) is 48.5 Å². The topological polar surface area (TPSA) is 46.2 Å². The summed E-state index contributed by atoms with van der Waals surface area (Å²) in [6.07, 6.45) is 7.03. The lowest BCUT2D eigenvalue weighted by Crippen LogP contribution is -2.38. The largest absolute Gasteiger partial charge is 0.214 e. The molecule has 1 aliphatic rings. The summed E-state index contributed by atoms with van der Waals surface area (Å²) in [5.41, 5.74) is 0. The van der Waals surface area contributed by atoms with Crippen LogP contribution < -0.4 is 4.72 Å². The van der Waals surface area contributed by atoms with Gasteiger partial charge in [0.1, 0.15) is 0 Å². The quantitative estimate of drug-likeness (QED) is 0.767. The summed E-state index contributed by atoms with van der Waals surface area (Å²) < 4.78 is 26.7. The normalized spacial score (nSPS) is 20.9. The third-order valence-electron chi connectivity index (χ3n) is 3.10. The molecule has 96 valence electrons. The molecule has 1 aliphatic carbocycles. The zero-order chi connectivity index (χ0) is 12.0. The first-order chi connectivity index (χ1) is 7.56. The predicted octanol–water partition coefficient (Wildman–Crippen LogP) is 2.80. The van der Waals surface area contributed by atoms with Gasteiger partial charge in [-0.2, -0.15) is 0 Å². The molecule has 0 aromatic heterocycles. The van der Waals surface area contributed by atoms with E-state index in [9.17, 15) is 8.42 Å². The monoisotopic (exact) mass is 311 g/mol. The van der Waals surface area contributed by atoms with Crippen molar-refractivity contribution in [3.8, 4) is 0 Å². The molecule has 1 fully saturated rings. The molecule has 1 saturated carbocycles. The van der Waals surface area contributed by atoms with Gasteiger partial charge in [-0.05, 0) is 19.3 Å². The highest BCUT2D eigenvalue weighted by molar-refractivity contribution is 9.09. The fourth-order valence-corrected chi connectivity index (χ4v) is 4.57. The molecule has 3 nitrogen and oxygen atoms in total. The lowest BCUT2D eigenvalue weighted by molar-refractivity contribution is 0.477. The van der Waals surface area contributed by atoms with Crippen molar-refractivity contribution in [2.75, 3.05) is 6.54 Å². The summed E-state index contributed by atoms with van der Waals surface area (Å²) in [5.74, 6) is 0. The van der Waals surface area contributed by atoms with Crippen molar-refractivity contribution in [2.45, 2.75) is 61.9 Å². The van der Waals surface area contributed by atoms with Crippen LogP contribution in [0.3, 0.4) is 0 Å². The van der Waals surface area contributed by atoms with E-state index in [2.05, 4.69) is 27.6 Å². The first kappa shape index (κ1) is 14.5. The van der Waals surface area contributed by atoms with Crippen LogP contribution >= 0.6 is 15.9 Å². The average Bonchev–Trinajstić information content (AvgIpc) is 2.28. The van der Waals surface area contributed by atoms with Crippen LogP contribution in [0.4, 0.5) is 0 Å². The second-order valence-electron chi connectivity index (χ2n) is 4.54. The molecule has 0 spiro atoms. The van der Waals surface area contributed by atoms with Crippen molar-refractivity contribution >= 4 is 26.0 Å². The van der Waals surface area contributed by atoms with Gasteiger partial charge >= 0.3 is 0 Å². The maximum atomic E-state index is 12.0. The molecule has 1 N–H and O–H groups in total. The molecule has 0 aromatic rings. The fourth-order valence-electron chi connectivity index (χ4n) is 2.12. The van der Waals surface area contributed by atoms with Gasteiger partial charge in [0.05, 0.1) is 5.25 Å². The molecule has 1 unspecified atom stereocenters. The van der Waals surface area contributed by atoms with Crippen molar-refractivity contribution in [3.05, 3.63) is 0 Å². The first-order valence-corrected chi connectivity index (χ1v) is 8.65. The van der Waals surface area contributed by atoms with Gasteiger partial charge in [0.2, 0.25) is 10.0 Å². The van der Waals surface area contributed by atoms with Crippen LogP contribution in [0.5, 0.6) is 0 Å². The molecule has 0 saturated heterocycles. The van der Waals surface area contributed by atoms with E-state index in [0.29, 0.717) is 6.54 Å². The molecular formula is C11H22BrNO2S. The third kappa shape index (κ3) is 4.72. The second kappa shape index (κ2) is 6.97. The Morgan fingerprint density at radius 3 is 2.50 bits per heavy atom. The molecule has 0 bridgehead atoms. The van der Waals surface area contributed by atoms with Gasteiger partial charge in [-0.25, -0.2) is 13.1 Å². The molecule has 0 aromatic carbocycles. The summed E-state index contributed by atoms with van der Waals surface area (Å²) in [7, 11) is -3.08. The Morgan fingerprint density at radius 2 is 1.94 bits per heavy atom. The second-order valence-corrected chi connectivity index (χ2v) is 7.88. The first-order valence-electron chi connectivity index (χ1n) is 6.19. The van der Waals surface area contributed by atoms with Crippen molar-refractivity contribution in [1.82, 2.24) is 4.72 Å². The minimum Gasteiger partial charge on any atom is -0.214 e. The number of halogens is 1. The van der Waals surface area contributed by atoms with Crippen LogP contribution in [0.2, 0.25) is 0 Å². The van der Waals surface area contributed by atoms with Crippen molar-refractivity contribution < 1.29 is 8.42 Å². The third-order valence-corrected chi connectivity index (χ3v) is 5.80. The maximum absolute atomic E-state index is 12.0. The van der Waals surface area contributed by atoms with E-state index < -0.39 is 10.0 Å². The summed E-state index contributed by atoms with van der Waals surface area (Å²) in [6.45, 7) is 2.62. The van der Waals surface area contributed by atoms with Crippen molar-refractivity contribution in [1.29, 1.82) is 0 Å². The standard InChI is InChI=1S/C11H22BrNO2S/c1-2-6-10(12)9-13-16(14,15)11-7-4-3-5-8-11/h10-11,13H,2-9H2,1H3. The molecule has 5 heteroatoms. The molecule has 1 rings (SSSR count). The average molecular weight is 312 g/mol. The maximum Gasteiger partial charge on any atom is 0.214 e. The highest BCUT2D eigenvalue weighted by atomic mass is 79.9. The molecule has 0 radical (unpaired) electrons. The van der Waals surface area contributed by atoms with Crippen molar-refractivity contribution in [2.24, 2.45) is 0 Å². The highest BCUT2D eigenvalue weighted by Gasteiger charge is 2.27. The van der Waals surface area contributed by atoms with E-state index in [4.69, 9.17) is 0 Å². The van der Waals surface area contributed by atoms with Crippen LogP contribution in [-0.2, 0) is 10.0 Å². The minimum atomic E-state index is -3.08. The predicted molar refractivity (Wildman–Crippen MR) is 71.4 cm³/mol. The van der Waals surface area contributed by atoms with E-state index in [1.165, 1.54) is 6.42 Å². The van der Waals surface area contributed by atoms with Crippen LogP contribution in [0.25, 0.3) is 0 Å². The van der Waals surface area contributed by atoms with E-state index in [-0.39, 0.29) is 10.1 Å². The van der Waals surface area contributed by atoms with Gasteiger partial charge in [0.15, 0.2) is 0 Å². The Bertz CT molecular complexity index is 286. The van der Waals surface area contributed by atoms with Gasteiger partial charge in [0, 0.05) is 11.4 Å². The van der Waals surface area contributed by atoms with Crippen LogP contribution in [0.1, 0.15) is 51.9 Å². The number of rotatable bonds is 6. The molecular weight excluding hydrogens is 290 g/mol. The Hall–Kier alpha value is 0.390. The Kier molecular flexibility index (Phi) is 6.29. The summed E-state index contributed by atoms with van der Waals surface area (Å²) in [6, 6.07) is 0. The summed E-state index contributed by atoms with van der Waals surface area (Å²) >= 11 is 3.49. The summed E-state index contributed by atoms with van der Waals surface area (Å²) in [4.78, 5) is 0.260. The van der Waals surface area contributed by atoms with Crippen molar-refractivity contribution in [3.63, 3.8) is 0 Å². The minimum absolute atomic E-state index is 0.150.